The highest BCUT2D eigenvalue weighted by atomic mass is 31.2. The summed E-state index contributed by atoms with van der Waals surface area (Å²) in [5.74, 6) is 0.452. The third-order valence-corrected chi connectivity index (χ3v) is 9.25. The van der Waals surface area contributed by atoms with Crippen LogP contribution in [-0.4, -0.2) is 6.16 Å². The van der Waals surface area contributed by atoms with Crippen molar-refractivity contribution in [1.82, 2.24) is 0 Å². The summed E-state index contributed by atoms with van der Waals surface area (Å²) in [6, 6.07) is 8.97. The van der Waals surface area contributed by atoms with Crippen LogP contribution in [0.1, 0.15) is 78.6 Å². The molecule has 2 heteroatoms. The van der Waals surface area contributed by atoms with Crippen molar-refractivity contribution in [3.8, 4) is 0 Å². The van der Waals surface area contributed by atoms with Gasteiger partial charge < -0.3 is 4.57 Å². The van der Waals surface area contributed by atoms with Gasteiger partial charge in [0.1, 0.15) is 0 Å². The van der Waals surface area contributed by atoms with Crippen molar-refractivity contribution in [3.05, 3.63) is 68.8 Å². The smallest absolute Gasteiger partial charge is 0.0964 e. The van der Waals surface area contributed by atoms with Gasteiger partial charge >= 0.3 is 0 Å². The molecule has 2 rings (SSSR count). The van der Waals surface area contributed by atoms with Crippen molar-refractivity contribution in [1.29, 1.82) is 0 Å². The predicted molar refractivity (Wildman–Crippen MR) is 134 cm³/mol. The molecule has 0 saturated carbocycles. The van der Waals surface area contributed by atoms with E-state index in [-0.39, 0.29) is 5.41 Å². The molecule has 0 aliphatic heterocycles. The van der Waals surface area contributed by atoms with E-state index in [0.717, 1.165) is 12.6 Å². The summed E-state index contributed by atoms with van der Waals surface area (Å²) in [6.07, 6.45) is 3.36. The van der Waals surface area contributed by atoms with Gasteiger partial charge in [0.2, 0.25) is 0 Å². The summed E-state index contributed by atoms with van der Waals surface area (Å²) in [7, 11) is -2.44. The number of benzene rings is 2. The fourth-order valence-electron chi connectivity index (χ4n) is 5.36. The summed E-state index contributed by atoms with van der Waals surface area (Å²) in [5, 5.41) is 0. The molecule has 1 unspecified atom stereocenters. The molecule has 0 saturated heterocycles. The predicted octanol–water partition coefficient (Wildman–Crippen LogP) is 8.67. The first kappa shape index (κ1) is 24.9. The molecular weight excluding hydrogens is 383 g/mol. The van der Waals surface area contributed by atoms with Crippen molar-refractivity contribution >= 4 is 7.14 Å². The van der Waals surface area contributed by atoms with Gasteiger partial charge in [0.15, 0.2) is 0 Å². The molecular formula is C28H43OP. The lowest BCUT2D eigenvalue weighted by Gasteiger charge is -2.29. The molecule has 0 aromatic heterocycles. The number of hydrogen-bond acceptors (Lipinski definition) is 1. The van der Waals surface area contributed by atoms with Crippen LogP contribution in [0.15, 0.2) is 24.3 Å². The van der Waals surface area contributed by atoms with Crippen LogP contribution in [0, 0.1) is 52.9 Å². The van der Waals surface area contributed by atoms with E-state index in [4.69, 9.17) is 0 Å². The first-order valence-electron chi connectivity index (χ1n) is 11.4. The van der Waals surface area contributed by atoms with E-state index in [1.165, 1.54) is 44.5 Å². The van der Waals surface area contributed by atoms with Crippen molar-refractivity contribution in [3.63, 3.8) is 0 Å². The van der Waals surface area contributed by atoms with Gasteiger partial charge in [0.25, 0.3) is 0 Å². The second-order valence-electron chi connectivity index (χ2n) is 11.2. The van der Waals surface area contributed by atoms with Crippen LogP contribution in [0.5, 0.6) is 0 Å². The van der Waals surface area contributed by atoms with Crippen LogP contribution in [0.25, 0.3) is 0 Å². The zero-order valence-electron chi connectivity index (χ0n) is 21.1. The van der Waals surface area contributed by atoms with E-state index in [2.05, 4.69) is 93.5 Å². The topological polar surface area (TPSA) is 17.1 Å². The van der Waals surface area contributed by atoms with Gasteiger partial charge in [-0.2, -0.15) is 0 Å². The van der Waals surface area contributed by atoms with Crippen molar-refractivity contribution in [2.24, 2.45) is 11.3 Å². The lowest BCUT2D eigenvalue weighted by Crippen LogP contribution is -2.16. The molecule has 0 bridgehead atoms. The highest BCUT2D eigenvalue weighted by Gasteiger charge is 2.30. The minimum absolute atomic E-state index is 0.260. The van der Waals surface area contributed by atoms with E-state index < -0.39 is 7.14 Å². The Kier molecular flexibility index (Phi) is 7.84. The van der Waals surface area contributed by atoms with Crippen molar-refractivity contribution in [2.45, 2.75) is 88.0 Å². The molecule has 166 valence electrons. The Morgan fingerprint density at radius 1 is 0.733 bits per heavy atom. The summed E-state index contributed by atoms with van der Waals surface area (Å²) < 4.78 is 14.6. The van der Waals surface area contributed by atoms with Crippen LogP contribution >= 0.6 is 7.14 Å². The SMILES string of the molecule is Cc1cc(C)c(CP(=O)(Cc2c(C)cc(C)cc2C)CC(C)CC(C)(C)C)c(C)c1. The Hall–Kier alpha value is -1.33. The molecule has 0 fully saturated rings. The molecule has 0 N–H and O–H groups in total. The number of hydrogen-bond donors (Lipinski definition) is 0. The number of rotatable bonds is 7. The van der Waals surface area contributed by atoms with Crippen molar-refractivity contribution in [2.75, 3.05) is 6.16 Å². The maximum Gasteiger partial charge on any atom is 0.0964 e. The zero-order chi connectivity index (χ0) is 22.9. The Morgan fingerprint density at radius 3 is 1.37 bits per heavy atom. The van der Waals surface area contributed by atoms with Gasteiger partial charge in [0.05, 0.1) is 7.14 Å². The molecule has 0 heterocycles. The van der Waals surface area contributed by atoms with Gasteiger partial charge in [-0.15, -0.1) is 0 Å². The minimum Gasteiger partial charge on any atom is -0.323 e. The molecule has 2 aromatic rings. The maximum absolute atomic E-state index is 14.6. The summed E-state index contributed by atoms with van der Waals surface area (Å²) in [6.45, 7) is 22.2. The molecule has 0 aliphatic rings. The molecule has 1 atom stereocenters. The van der Waals surface area contributed by atoms with Crippen LogP contribution in [-0.2, 0) is 16.9 Å². The minimum atomic E-state index is -2.44. The summed E-state index contributed by atoms with van der Waals surface area (Å²) in [4.78, 5) is 0. The molecule has 0 spiro atoms. The Labute approximate surface area is 186 Å². The third-order valence-electron chi connectivity index (χ3n) is 6.18. The van der Waals surface area contributed by atoms with Crippen LogP contribution < -0.4 is 0 Å². The first-order chi connectivity index (χ1) is 13.7. The number of aryl methyl sites for hydroxylation is 6. The molecule has 0 radical (unpaired) electrons. The van der Waals surface area contributed by atoms with E-state index in [0.29, 0.717) is 18.2 Å². The van der Waals surface area contributed by atoms with E-state index >= 15 is 0 Å². The summed E-state index contributed by atoms with van der Waals surface area (Å²) >= 11 is 0. The standard InChI is InChI=1S/C28H43OP/c1-19-11-22(4)26(23(5)12-19)17-30(29,16-21(3)15-28(8,9)10)18-27-24(6)13-20(2)14-25(27)7/h11-14,21H,15-18H2,1-10H3. The Morgan fingerprint density at radius 2 is 1.07 bits per heavy atom. The van der Waals surface area contributed by atoms with Crippen molar-refractivity contribution < 1.29 is 4.57 Å². The molecule has 2 aromatic carbocycles. The molecule has 1 nitrogen and oxygen atoms in total. The van der Waals surface area contributed by atoms with Crippen LogP contribution in [0.4, 0.5) is 0 Å². The Bertz CT molecular complexity index is 836. The van der Waals surface area contributed by atoms with E-state index in [1.54, 1.807) is 0 Å². The summed E-state index contributed by atoms with van der Waals surface area (Å²) in [5.41, 5.74) is 10.6. The monoisotopic (exact) mass is 426 g/mol. The highest BCUT2D eigenvalue weighted by molar-refractivity contribution is 7.62. The van der Waals surface area contributed by atoms with Gasteiger partial charge in [-0.3, -0.25) is 0 Å². The first-order valence-corrected chi connectivity index (χ1v) is 13.7. The average Bonchev–Trinajstić information content (AvgIpc) is 2.52. The van der Waals surface area contributed by atoms with Gasteiger partial charge in [0, 0.05) is 18.5 Å². The van der Waals surface area contributed by atoms with E-state index in [9.17, 15) is 4.57 Å². The average molecular weight is 427 g/mol. The normalized spacial score (nSPS) is 13.5. The van der Waals surface area contributed by atoms with Gasteiger partial charge in [-0.05, 0) is 92.7 Å². The Balaban J connectivity index is 2.46. The quantitative estimate of drug-likeness (QED) is 0.405. The lowest BCUT2D eigenvalue weighted by atomic mass is 9.86. The zero-order valence-corrected chi connectivity index (χ0v) is 22.0. The van der Waals surface area contributed by atoms with Gasteiger partial charge in [-0.25, -0.2) is 0 Å². The van der Waals surface area contributed by atoms with Gasteiger partial charge in [-0.1, -0.05) is 63.1 Å². The fourth-order valence-corrected chi connectivity index (χ4v) is 9.14. The maximum atomic E-state index is 14.6. The lowest BCUT2D eigenvalue weighted by molar-refractivity contribution is 0.321. The second kappa shape index (κ2) is 9.44. The van der Waals surface area contributed by atoms with Crippen LogP contribution in [0.3, 0.4) is 0 Å². The largest absolute Gasteiger partial charge is 0.323 e. The molecule has 30 heavy (non-hydrogen) atoms. The molecule has 0 amide bonds. The third kappa shape index (κ3) is 6.84. The second-order valence-corrected chi connectivity index (χ2v) is 14.3. The molecule has 0 aliphatic carbocycles. The van der Waals surface area contributed by atoms with E-state index in [1.807, 2.05) is 0 Å². The highest BCUT2D eigenvalue weighted by Crippen LogP contribution is 2.56. The van der Waals surface area contributed by atoms with Crippen LogP contribution in [0.2, 0.25) is 0 Å². The fraction of sp³-hybridized carbons (Fsp3) is 0.571.